The molecule has 5 rings (SSSR count). The minimum atomic E-state index is -0.535. The number of thiazole rings is 1. The molecule has 32 heavy (non-hydrogen) atoms. The monoisotopic (exact) mass is 464 g/mol. The van der Waals surface area contributed by atoms with E-state index in [4.69, 9.17) is 16.0 Å². The molecule has 0 radical (unpaired) electrons. The number of furan rings is 1. The average molecular weight is 465 g/mol. The third-order valence-electron chi connectivity index (χ3n) is 5.24. The maximum atomic E-state index is 13.4. The molecular weight excluding hydrogens is 448 g/mol. The summed E-state index contributed by atoms with van der Waals surface area (Å²) in [6, 6.07) is 15.9. The average Bonchev–Trinajstić information content (AvgIpc) is 3.44. The van der Waals surface area contributed by atoms with Crippen LogP contribution in [-0.2, 0) is 0 Å². The van der Waals surface area contributed by atoms with Gasteiger partial charge >= 0.3 is 0 Å². The highest BCUT2D eigenvalue weighted by Gasteiger charge is 2.32. The maximum Gasteiger partial charge on any atom is 0.242 e. The summed E-state index contributed by atoms with van der Waals surface area (Å²) in [5, 5.41) is 22.8. The van der Waals surface area contributed by atoms with Crippen LogP contribution in [0.1, 0.15) is 27.4 Å². The molecule has 0 bridgehead atoms. The van der Waals surface area contributed by atoms with Crippen LogP contribution < -0.4 is 0 Å². The van der Waals surface area contributed by atoms with Crippen LogP contribution in [-0.4, -0.2) is 25.5 Å². The molecule has 0 aliphatic heterocycles. The topological polar surface area (TPSA) is 88.5 Å². The Labute approximate surface area is 192 Å². The Balaban J connectivity index is 1.84. The number of carbonyl (C=O) groups is 1. The molecule has 0 spiro atoms. The fourth-order valence-corrected chi connectivity index (χ4v) is 4.95. The standard InChI is InChI=1S/C24H17ClN2O4S/c1-12-5-3-4-6-15(12)20-19(21(28)17-10-7-13(2)31-17)22(29)23(30)27(20)24-26-16-9-8-14(25)11-18(16)32-24/h3-11,29-30H,1-2H3. The summed E-state index contributed by atoms with van der Waals surface area (Å²) in [4.78, 5) is 18.0. The molecule has 6 nitrogen and oxygen atoms in total. The van der Waals surface area contributed by atoms with Crippen LogP contribution in [0.3, 0.4) is 0 Å². The van der Waals surface area contributed by atoms with E-state index >= 15 is 0 Å². The van der Waals surface area contributed by atoms with Gasteiger partial charge in [0.1, 0.15) is 5.76 Å². The van der Waals surface area contributed by atoms with Crippen molar-refractivity contribution in [2.45, 2.75) is 13.8 Å². The van der Waals surface area contributed by atoms with Gasteiger partial charge in [0.2, 0.25) is 11.7 Å². The van der Waals surface area contributed by atoms with Gasteiger partial charge in [-0.2, -0.15) is 0 Å². The van der Waals surface area contributed by atoms with Gasteiger partial charge in [0, 0.05) is 10.6 Å². The maximum absolute atomic E-state index is 13.4. The number of hydrogen-bond acceptors (Lipinski definition) is 6. The Bertz CT molecular complexity index is 1510. The van der Waals surface area contributed by atoms with Gasteiger partial charge in [0.05, 0.1) is 21.5 Å². The van der Waals surface area contributed by atoms with Crippen LogP contribution in [0, 0.1) is 13.8 Å². The molecule has 160 valence electrons. The normalized spacial score (nSPS) is 11.3. The number of fused-ring (bicyclic) bond motifs is 1. The van der Waals surface area contributed by atoms with E-state index in [2.05, 4.69) is 4.98 Å². The van der Waals surface area contributed by atoms with Crippen LogP contribution in [0.2, 0.25) is 5.02 Å². The summed E-state index contributed by atoms with van der Waals surface area (Å²) in [5.74, 6) is -0.899. The van der Waals surface area contributed by atoms with Crippen LogP contribution in [0.15, 0.2) is 59.0 Å². The summed E-state index contributed by atoms with van der Waals surface area (Å²) < 4.78 is 7.73. The molecule has 0 atom stereocenters. The van der Waals surface area contributed by atoms with E-state index in [1.807, 2.05) is 31.2 Å². The SMILES string of the molecule is Cc1ccc(C(=O)c2c(O)c(O)n(-c3nc4ccc(Cl)cc4s3)c2-c2ccccc2C)o1. The lowest BCUT2D eigenvalue weighted by Crippen LogP contribution is -2.04. The molecule has 3 aromatic heterocycles. The summed E-state index contributed by atoms with van der Waals surface area (Å²) in [6.07, 6.45) is 0. The Morgan fingerprint density at radius 2 is 1.88 bits per heavy atom. The van der Waals surface area contributed by atoms with Gasteiger partial charge in [-0.25, -0.2) is 4.98 Å². The number of carbonyl (C=O) groups excluding carboxylic acids is 1. The molecule has 0 aliphatic carbocycles. The number of hydrogen-bond donors (Lipinski definition) is 2. The first-order valence-electron chi connectivity index (χ1n) is 9.75. The number of nitrogens with zero attached hydrogens (tertiary/aromatic N) is 2. The highest BCUT2D eigenvalue weighted by molar-refractivity contribution is 7.20. The van der Waals surface area contributed by atoms with E-state index in [0.29, 0.717) is 32.7 Å². The van der Waals surface area contributed by atoms with Gasteiger partial charge in [0.15, 0.2) is 16.6 Å². The second-order valence-electron chi connectivity index (χ2n) is 7.39. The van der Waals surface area contributed by atoms with Crippen molar-refractivity contribution in [3.05, 3.63) is 82.3 Å². The molecule has 2 aromatic carbocycles. The van der Waals surface area contributed by atoms with Crippen molar-refractivity contribution in [2.75, 3.05) is 0 Å². The molecular formula is C24H17ClN2O4S. The lowest BCUT2D eigenvalue weighted by Gasteiger charge is -2.11. The molecule has 8 heteroatoms. The largest absolute Gasteiger partial charge is 0.503 e. The van der Waals surface area contributed by atoms with Crippen molar-refractivity contribution in [3.63, 3.8) is 0 Å². The smallest absolute Gasteiger partial charge is 0.242 e. The predicted octanol–water partition coefficient (Wildman–Crippen LogP) is 6.26. The first kappa shape index (κ1) is 20.4. The Kier molecular flexibility index (Phi) is 4.80. The van der Waals surface area contributed by atoms with Crippen molar-refractivity contribution in [1.82, 2.24) is 9.55 Å². The minimum Gasteiger partial charge on any atom is -0.503 e. The quantitative estimate of drug-likeness (QED) is 0.306. The van der Waals surface area contributed by atoms with E-state index in [9.17, 15) is 15.0 Å². The van der Waals surface area contributed by atoms with Crippen molar-refractivity contribution >= 4 is 38.9 Å². The summed E-state index contributed by atoms with van der Waals surface area (Å²) >= 11 is 7.41. The molecule has 0 aliphatic rings. The van der Waals surface area contributed by atoms with E-state index < -0.39 is 17.4 Å². The van der Waals surface area contributed by atoms with Gasteiger partial charge in [-0.05, 0) is 49.7 Å². The molecule has 3 heterocycles. The van der Waals surface area contributed by atoms with E-state index in [1.165, 1.54) is 15.9 Å². The highest BCUT2D eigenvalue weighted by atomic mass is 35.5. The van der Waals surface area contributed by atoms with Crippen molar-refractivity contribution in [1.29, 1.82) is 0 Å². The Morgan fingerprint density at radius 1 is 1.09 bits per heavy atom. The Morgan fingerprint density at radius 3 is 2.59 bits per heavy atom. The third-order valence-corrected chi connectivity index (χ3v) is 6.48. The summed E-state index contributed by atoms with van der Waals surface area (Å²) in [5.41, 5.74) is 2.50. The molecule has 0 saturated heterocycles. The second kappa shape index (κ2) is 7.55. The minimum absolute atomic E-state index is 0.0524. The first-order valence-corrected chi connectivity index (χ1v) is 10.9. The Hall–Kier alpha value is -3.55. The second-order valence-corrected chi connectivity index (χ2v) is 8.84. The number of rotatable bonds is 4. The van der Waals surface area contributed by atoms with E-state index in [1.54, 1.807) is 37.3 Å². The zero-order valence-electron chi connectivity index (χ0n) is 17.1. The van der Waals surface area contributed by atoms with Crippen molar-refractivity contribution in [3.8, 4) is 28.0 Å². The number of aromatic nitrogens is 2. The molecule has 0 saturated carbocycles. The molecule has 5 aromatic rings. The fourth-order valence-electron chi connectivity index (χ4n) is 3.70. The number of aryl methyl sites for hydroxylation is 2. The lowest BCUT2D eigenvalue weighted by atomic mass is 9.99. The molecule has 2 N–H and O–H groups in total. The van der Waals surface area contributed by atoms with Gasteiger partial charge in [-0.1, -0.05) is 47.2 Å². The van der Waals surface area contributed by atoms with Crippen LogP contribution >= 0.6 is 22.9 Å². The van der Waals surface area contributed by atoms with Gasteiger partial charge in [-0.15, -0.1) is 0 Å². The lowest BCUT2D eigenvalue weighted by molar-refractivity contribution is 0.101. The summed E-state index contributed by atoms with van der Waals surface area (Å²) in [6.45, 7) is 3.62. The van der Waals surface area contributed by atoms with Crippen molar-refractivity contribution < 1.29 is 19.4 Å². The fraction of sp³-hybridized carbons (Fsp3) is 0.0833. The van der Waals surface area contributed by atoms with Crippen LogP contribution in [0.5, 0.6) is 11.6 Å². The zero-order valence-corrected chi connectivity index (χ0v) is 18.7. The van der Waals surface area contributed by atoms with Gasteiger partial charge in [0.25, 0.3) is 0 Å². The highest BCUT2D eigenvalue weighted by Crippen LogP contribution is 2.46. The summed E-state index contributed by atoms with van der Waals surface area (Å²) in [7, 11) is 0. The van der Waals surface area contributed by atoms with Crippen LogP contribution in [0.25, 0.3) is 26.6 Å². The first-order chi connectivity index (χ1) is 15.3. The molecule has 0 amide bonds. The predicted molar refractivity (Wildman–Crippen MR) is 124 cm³/mol. The van der Waals surface area contributed by atoms with Crippen molar-refractivity contribution in [2.24, 2.45) is 0 Å². The van der Waals surface area contributed by atoms with E-state index in [0.717, 1.165) is 10.3 Å². The molecule has 0 fully saturated rings. The number of ketones is 1. The number of aromatic hydroxyl groups is 2. The van der Waals surface area contributed by atoms with Gasteiger partial charge in [-0.3, -0.25) is 9.36 Å². The zero-order chi connectivity index (χ0) is 22.6. The molecule has 0 unspecified atom stereocenters. The number of halogens is 1. The van der Waals surface area contributed by atoms with Gasteiger partial charge < -0.3 is 14.6 Å². The third kappa shape index (κ3) is 3.18. The number of benzene rings is 2. The van der Waals surface area contributed by atoms with E-state index in [-0.39, 0.29) is 11.3 Å². The van der Waals surface area contributed by atoms with Crippen LogP contribution in [0.4, 0.5) is 0 Å².